The van der Waals surface area contributed by atoms with E-state index in [4.69, 9.17) is 11.6 Å². The number of nitrogens with one attached hydrogen (secondary N) is 1. The van der Waals surface area contributed by atoms with E-state index in [1.54, 1.807) is 0 Å². The third kappa shape index (κ3) is 3.78. The van der Waals surface area contributed by atoms with Gasteiger partial charge in [-0.2, -0.15) is 0 Å². The lowest BCUT2D eigenvalue weighted by Gasteiger charge is -2.25. The summed E-state index contributed by atoms with van der Waals surface area (Å²) in [7, 11) is 0. The molecule has 0 aromatic heterocycles. The molecule has 21 heavy (non-hydrogen) atoms. The number of carbonyl (C=O) groups excluding carboxylic acids is 1. The van der Waals surface area contributed by atoms with Crippen LogP contribution < -0.4 is 5.32 Å². The largest absolute Gasteiger partial charge is 0.393 e. The predicted molar refractivity (Wildman–Crippen MR) is 83.3 cm³/mol. The average molecular weight is 308 g/mol. The Labute approximate surface area is 130 Å². The van der Waals surface area contributed by atoms with E-state index in [0.717, 1.165) is 37.1 Å². The Bertz CT molecular complexity index is 502. The number of halogens is 1. The fourth-order valence-electron chi connectivity index (χ4n) is 3.39. The Hall–Kier alpha value is -1.06. The van der Waals surface area contributed by atoms with Gasteiger partial charge in [-0.1, -0.05) is 30.2 Å². The molecule has 114 valence electrons. The highest BCUT2D eigenvalue weighted by Crippen LogP contribution is 2.47. The first-order valence-electron chi connectivity index (χ1n) is 7.84. The van der Waals surface area contributed by atoms with Crippen LogP contribution in [0.25, 0.3) is 0 Å². The van der Waals surface area contributed by atoms with Crippen molar-refractivity contribution in [2.24, 2.45) is 11.8 Å². The first-order valence-corrected chi connectivity index (χ1v) is 8.22. The summed E-state index contributed by atoms with van der Waals surface area (Å²) in [5, 5.41) is 13.5. The molecule has 0 heterocycles. The van der Waals surface area contributed by atoms with E-state index in [1.165, 1.54) is 5.56 Å². The van der Waals surface area contributed by atoms with Crippen LogP contribution in [0.15, 0.2) is 24.3 Å². The summed E-state index contributed by atoms with van der Waals surface area (Å²) >= 11 is 5.88. The van der Waals surface area contributed by atoms with Crippen molar-refractivity contribution < 1.29 is 9.90 Å². The van der Waals surface area contributed by atoms with Gasteiger partial charge in [-0.05, 0) is 55.2 Å². The highest BCUT2D eigenvalue weighted by Gasteiger charge is 2.43. The molecule has 2 aliphatic rings. The first kappa shape index (κ1) is 14.9. The molecular weight excluding hydrogens is 286 g/mol. The summed E-state index contributed by atoms with van der Waals surface area (Å²) in [5.41, 5.74) is 1.20. The number of carbonyl (C=O) groups is 1. The molecule has 1 aromatic rings. The second-order valence-corrected chi connectivity index (χ2v) is 6.87. The minimum Gasteiger partial charge on any atom is -0.393 e. The molecule has 0 aliphatic heterocycles. The van der Waals surface area contributed by atoms with Crippen LogP contribution in [0.2, 0.25) is 5.02 Å². The van der Waals surface area contributed by atoms with Crippen LogP contribution in [0.4, 0.5) is 0 Å². The molecule has 2 saturated carbocycles. The number of benzene rings is 1. The van der Waals surface area contributed by atoms with Crippen molar-refractivity contribution in [2.75, 3.05) is 6.54 Å². The van der Waals surface area contributed by atoms with Gasteiger partial charge in [-0.15, -0.1) is 0 Å². The summed E-state index contributed by atoms with van der Waals surface area (Å²) in [5.74, 6) is 1.05. The zero-order chi connectivity index (χ0) is 14.8. The summed E-state index contributed by atoms with van der Waals surface area (Å²) in [6.07, 6.45) is 4.67. The lowest BCUT2D eigenvalue weighted by molar-refractivity contribution is -0.122. The van der Waals surface area contributed by atoms with E-state index >= 15 is 0 Å². The van der Waals surface area contributed by atoms with Crippen LogP contribution in [-0.4, -0.2) is 23.7 Å². The molecule has 3 nitrogen and oxygen atoms in total. The van der Waals surface area contributed by atoms with E-state index in [9.17, 15) is 9.90 Å². The minimum atomic E-state index is -0.177. The maximum absolute atomic E-state index is 12.2. The number of rotatable bonds is 4. The van der Waals surface area contributed by atoms with Gasteiger partial charge in [0.2, 0.25) is 5.91 Å². The Kier molecular flexibility index (Phi) is 4.51. The summed E-state index contributed by atoms with van der Waals surface area (Å²) < 4.78 is 0. The lowest BCUT2D eigenvalue weighted by Crippen LogP contribution is -2.34. The molecule has 2 aliphatic carbocycles. The van der Waals surface area contributed by atoms with Crippen molar-refractivity contribution in [1.29, 1.82) is 0 Å². The molecule has 0 radical (unpaired) electrons. The number of hydrogen-bond acceptors (Lipinski definition) is 2. The SMILES string of the molecule is O=C(NCC1CCCC(O)C1)C1CC1c1ccc(Cl)cc1. The fourth-order valence-corrected chi connectivity index (χ4v) is 3.51. The zero-order valence-electron chi connectivity index (χ0n) is 12.1. The van der Waals surface area contributed by atoms with Crippen molar-refractivity contribution >= 4 is 17.5 Å². The number of aliphatic hydroxyl groups excluding tert-OH is 1. The smallest absolute Gasteiger partial charge is 0.223 e. The molecule has 4 heteroatoms. The monoisotopic (exact) mass is 307 g/mol. The van der Waals surface area contributed by atoms with Crippen molar-refractivity contribution in [3.05, 3.63) is 34.9 Å². The normalized spacial score (nSPS) is 31.7. The van der Waals surface area contributed by atoms with Crippen LogP contribution in [0, 0.1) is 11.8 Å². The van der Waals surface area contributed by atoms with Gasteiger partial charge in [0.1, 0.15) is 0 Å². The van der Waals surface area contributed by atoms with Crippen LogP contribution in [0.3, 0.4) is 0 Å². The quantitative estimate of drug-likeness (QED) is 0.898. The van der Waals surface area contributed by atoms with E-state index in [-0.39, 0.29) is 17.9 Å². The fraction of sp³-hybridized carbons (Fsp3) is 0.588. The summed E-state index contributed by atoms with van der Waals surface area (Å²) in [4.78, 5) is 12.2. The molecular formula is C17H22ClNO2. The highest BCUT2D eigenvalue weighted by atomic mass is 35.5. The molecule has 0 bridgehead atoms. The lowest BCUT2D eigenvalue weighted by atomic mass is 9.87. The maximum Gasteiger partial charge on any atom is 0.223 e. The Balaban J connectivity index is 1.46. The van der Waals surface area contributed by atoms with Gasteiger partial charge >= 0.3 is 0 Å². The highest BCUT2D eigenvalue weighted by molar-refractivity contribution is 6.30. The van der Waals surface area contributed by atoms with Crippen molar-refractivity contribution in [2.45, 2.75) is 44.1 Å². The van der Waals surface area contributed by atoms with Gasteiger partial charge in [0.25, 0.3) is 0 Å². The molecule has 1 aromatic carbocycles. The molecule has 4 unspecified atom stereocenters. The van der Waals surface area contributed by atoms with Crippen molar-refractivity contribution in [3.8, 4) is 0 Å². The Morgan fingerprint density at radius 1 is 1.24 bits per heavy atom. The van der Waals surface area contributed by atoms with E-state index in [2.05, 4.69) is 5.32 Å². The third-order valence-electron chi connectivity index (χ3n) is 4.75. The van der Waals surface area contributed by atoms with E-state index in [0.29, 0.717) is 18.4 Å². The van der Waals surface area contributed by atoms with E-state index < -0.39 is 0 Å². The second-order valence-electron chi connectivity index (χ2n) is 6.43. The predicted octanol–water partition coefficient (Wildman–Crippen LogP) is 3.11. The molecule has 2 fully saturated rings. The number of aliphatic hydroxyl groups is 1. The molecule has 4 atom stereocenters. The zero-order valence-corrected chi connectivity index (χ0v) is 12.9. The standard InChI is InChI=1S/C17H22ClNO2/c18-13-6-4-12(5-7-13)15-9-16(15)17(21)19-10-11-2-1-3-14(20)8-11/h4-7,11,14-16,20H,1-3,8-10H2,(H,19,21). The van der Waals surface area contributed by atoms with Gasteiger partial charge in [0, 0.05) is 17.5 Å². The van der Waals surface area contributed by atoms with Gasteiger partial charge in [0.05, 0.1) is 6.10 Å². The molecule has 3 rings (SSSR count). The van der Waals surface area contributed by atoms with Gasteiger partial charge in [0.15, 0.2) is 0 Å². The number of amides is 1. The topological polar surface area (TPSA) is 49.3 Å². The van der Waals surface area contributed by atoms with Gasteiger partial charge < -0.3 is 10.4 Å². The molecule has 0 saturated heterocycles. The average Bonchev–Trinajstić information content (AvgIpc) is 3.26. The van der Waals surface area contributed by atoms with Crippen LogP contribution in [-0.2, 0) is 4.79 Å². The second kappa shape index (κ2) is 6.37. The summed E-state index contributed by atoms with van der Waals surface area (Å²) in [6, 6.07) is 7.79. The Morgan fingerprint density at radius 3 is 2.71 bits per heavy atom. The van der Waals surface area contributed by atoms with Crippen molar-refractivity contribution in [1.82, 2.24) is 5.32 Å². The minimum absolute atomic E-state index is 0.111. The first-order chi connectivity index (χ1) is 10.1. The molecule has 1 amide bonds. The molecule has 2 N–H and O–H groups in total. The van der Waals surface area contributed by atoms with E-state index in [1.807, 2.05) is 24.3 Å². The third-order valence-corrected chi connectivity index (χ3v) is 5.00. The van der Waals surface area contributed by atoms with Gasteiger partial charge in [-0.25, -0.2) is 0 Å². The maximum atomic E-state index is 12.2. The molecule has 0 spiro atoms. The summed E-state index contributed by atoms with van der Waals surface area (Å²) in [6.45, 7) is 0.708. The Morgan fingerprint density at radius 2 is 2.00 bits per heavy atom. The van der Waals surface area contributed by atoms with Crippen LogP contribution in [0.5, 0.6) is 0 Å². The van der Waals surface area contributed by atoms with Crippen LogP contribution >= 0.6 is 11.6 Å². The number of hydrogen-bond donors (Lipinski definition) is 2. The van der Waals surface area contributed by atoms with Gasteiger partial charge in [-0.3, -0.25) is 4.79 Å². The van der Waals surface area contributed by atoms with Crippen molar-refractivity contribution in [3.63, 3.8) is 0 Å². The van der Waals surface area contributed by atoms with Crippen LogP contribution in [0.1, 0.15) is 43.6 Å².